The summed E-state index contributed by atoms with van der Waals surface area (Å²) in [6.07, 6.45) is 0.157. The zero-order valence-electron chi connectivity index (χ0n) is 10.8. The first-order valence-corrected chi connectivity index (χ1v) is 6.52. The van der Waals surface area contributed by atoms with Gasteiger partial charge < -0.3 is 14.8 Å². The Bertz CT molecular complexity index is 355. The normalized spacial score (nSPS) is 12.6. The molecule has 1 atom stereocenters. The van der Waals surface area contributed by atoms with E-state index in [-0.39, 0.29) is 6.10 Å². The van der Waals surface area contributed by atoms with Crippen molar-refractivity contribution in [2.45, 2.75) is 20.0 Å². The van der Waals surface area contributed by atoms with Gasteiger partial charge in [-0.3, -0.25) is 0 Å². The monoisotopic (exact) mass is 301 g/mol. The van der Waals surface area contributed by atoms with Crippen molar-refractivity contribution >= 4 is 15.9 Å². The molecular weight excluding hydrogens is 282 g/mol. The van der Waals surface area contributed by atoms with Gasteiger partial charge in [-0.15, -0.1) is 0 Å². The van der Waals surface area contributed by atoms with E-state index in [0.717, 1.165) is 22.5 Å². The molecule has 0 aromatic heterocycles. The van der Waals surface area contributed by atoms with Gasteiger partial charge in [-0.2, -0.15) is 0 Å². The molecule has 0 bridgehead atoms. The molecule has 0 fully saturated rings. The van der Waals surface area contributed by atoms with E-state index in [2.05, 4.69) is 35.1 Å². The lowest BCUT2D eigenvalue weighted by Gasteiger charge is -2.23. The number of hydrogen-bond donors (Lipinski definition) is 1. The third-order valence-corrected chi connectivity index (χ3v) is 3.19. The molecule has 0 saturated carbocycles. The minimum absolute atomic E-state index is 0.157. The molecule has 1 aromatic carbocycles. The number of hydrogen-bond acceptors (Lipinski definition) is 3. The molecule has 0 saturated heterocycles. The van der Waals surface area contributed by atoms with Gasteiger partial charge in [0.15, 0.2) is 0 Å². The Morgan fingerprint density at radius 3 is 2.53 bits per heavy atom. The van der Waals surface area contributed by atoms with Crippen LogP contribution in [0.3, 0.4) is 0 Å². The van der Waals surface area contributed by atoms with Crippen LogP contribution in [0.5, 0.6) is 11.5 Å². The molecule has 0 spiro atoms. The Balaban J connectivity index is 2.78. The van der Waals surface area contributed by atoms with Gasteiger partial charge >= 0.3 is 0 Å². The third-order valence-electron chi connectivity index (χ3n) is 2.57. The van der Waals surface area contributed by atoms with E-state index in [9.17, 15) is 0 Å². The van der Waals surface area contributed by atoms with Gasteiger partial charge in [0.1, 0.15) is 17.6 Å². The van der Waals surface area contributed by atoms with Gasteiger partial charge in [0.25, 0.3) is 0 Å². The average Bonchev–Trinajstić information content (AvgIpc) is 2.30. The van der Waals surface area contributed by atoms with E-state index < -0.39 is 0 Å². The van der Waals surface area contributed by atoms with Crippen molar-refractivity contribution in [1.29, 1.82) is 0 Å². The molecule has 4 heteroatoms. The van der Waals surface area contributed by atoms with E-state index in [1.165, 1.54) is 0 Å². The summed E-state index contributed by atoms with van der Waals surface area (Å²) >= 11 is 3.49. The smallest absolute Gasteiger partial charge is 0.134 e. The lowest BCUT2D eigenvalue weighted by Crippen LogP contribution is -2.33. The summed E-state index contributed by atoms with van der Waals surface area (Å²) in [5.41, 5.74) is 0. The van der Waals surface area contributed by atoms with Crippen molar-refractivity contribution in [3.63, 3.8) is 0 Å². The van der Waals surface area contributed by atoms with Crippen LogP contribution in [0.1, 0.15) is 13.8 Å². The molecule has 1 unspecified atom stereocenters. The van der Waals surface area contributed by atoms with Crippen LogP contribution in [-0.4, -0.2) is 26.8 Å². The van der Waals surface area contributed by atoms with Gasteiger partial charge in [-0.1, -0.05) is 13.8 Å². The number of benzene rings is 1. The number of rotatable bonds is 6. The number of likely N-dealkylation sites (N-methyl/N-ethyl adjacent to an activating group) is 1. The molecule has 0 aliphatic rings. The third kappa shape index (κ3) is 4.21. The highest BCUT2D eigenvalue weighted by Gasteiger charge is 2.15. The Morgan fingerprint density at radius 1 is 1.35 bits per heavy atom. The molecule has 0 aliphatic carbocycles. The number of methoxy groups -OCH3 is 1. The van der Waals surface area contributed by atoms with Crippen LogP contribution < -0.4 is 14.8 Å². The Morgan fingerprint density at radius 2 is 2.06 bits per heavy atom. The Hall–Kier alpha value is -0.740. The van der Waals surface area contributed by atoms with E-state index in [0.29, 0.717) is 5.92 Å². The second-order valence-electron chi connectivity index (χ2n) is 4.25. The van der Waals surface area contributed by atoms with Crippen LogP contribution in [0.2, 0.25) is 0 Å². The van der Waals surface area contributed by atoms with Gasteiger partial charge in [0.05, 0.1) is 11.6 Å². The second-order valence-corrected chi connectivity index (χ2v) is 5.11. The maximum absolute atomic E-state index is 5.98. The number of halogens is 1. The minimum atomic E-state index is 0.157. The summed E-state index contributed by atoms with van der Waals surface area (Å²) in [6.45, 7) is 5.13. The zero-order valence-corrected chi connectivity index (χ0v) is 12.4. The first-order chi connectivity index (χ1) is 8.08. The SMILES string of the molecule is CNCC(Oc1ccc(OC)cc1Br)C(C)C. The van der Waals surface area contributed by atoms with Crippen molar-refractivity contribution in [1.82, 2.24) is 5.32 Å². The molecule has 1 N–H and O–H groups in total. The molecule has 0 amide bonds. The first kappa shape index (κ1) is 14.3. The number of ether oxygens (including phenoxy) is 2. The molecular formula is C13H20BrNO2. The molecule has 96 valence electrons. The Kier molecular flexibility index (Phi) is 5.78. The number of nitrogens with one attached hydrogen (secondary N) is 1. The maximum atomic E-state index is 5.98. The predicted molar refractivity (Wildman–Crippen MR) is 73.9 cm³/mol. The van der Waals surface area contributed by atoms with Crippen LogP contribution in [0.4, 0.5) is 0 Å². The van der Waals surface area contributed by atoms with Crippen LogP contribution in [0, 0.1) is 5.92 Å². The maximum Gasteiger partial charge on any atom is 0.134 e. The van der Waals surface area contributed by atoms with Gasteiger partial charge in [0.2, 0.25) is 0 Å². The van der Waals surface area contributed by atoms with Gasteiger partial charge in [-0.25, -0.2) is 0 Å². The standard InChI is InChI=1S/C13H20BrNO2/c1-9(2)13(8-15-3)17-12-6-5-10(16-4)7-11(12)14/h5-7,9,13,15H,8H2,1-4H3. The summed E-state index contributed by atoms with van der Waals surface area (Å²) in [7, 11) is 3.59. The van der Waals surface area contributed by atoms with Crippen LogP contribution in [0.25, 0.3) is 0 Å². The van der Waals surface area contributed by atoms with E-state index in [1.54, 1.807) is 7.11 Å². The van der Waals surface area contributed by atoms with Crippen molar-refractivity contribution in [2.75, 3.05) is 20.7 Å². The lowest BCUT2D eigenvalue weighted by molar-refractivity contribution is 0.150. The molecule has 1 aromatic rings. The summed E-state index contributed by atoms with van der Waals surface area (Å²) in [4.78, 5) is 0. The highest BCUT2D eigenvalue weighted by molar-refractivity contribution is 9.10. The molecule has 1 rings (SSSR count). The first-order valence-electron chi connectivity index (χ1n) is 5.73. The quantitative estimate of drug-likeness (QED) is 0.876. The van der Waals surface area contributed by atoms with Gasteiger partial charge in [-0.05, 0) is 47.1 Å². The lowest BCUT2D eigenvalue weighted by atomic mass is 10.1. The second kappa shape index (κ2) is 6.87. The fourth-order valence-corrected chi connectivity index (χ4v) is 1.93. The van der Waals surface area contributed by atoms with E-state index in [1.807, 2.05) is 25.2 Å². The van der Waals surface area contributed by atoms with E-state index in [4.69, 9.17) is 9.47 Å². The molecule has 3 nitrogen and oxygen atoms in total. The summed E-state index contributed by atoms with van der Waals surface area (Å²) in [5.74, 6) is 2.12. The molecule has 17 heavy (non-hydrogen) atoms. The molecule has 0 radical (unpaired) electrons. The minimum Gasteiger partial charge on any atom is -0.497 e. The predicted octanol–water partition coefficient (Wildman–Crippen LogP) is 3.08. The molecule has 0 aliphatic heterocycles. The van der Waals surface area contributed by atoms with Crippen molar-refractivity contribution in [3.05, 3.63) is 22.7 Å². The van der Waals surface area contributed by atoms with Crippen LogP contribution in [0.15, 0.2) is 22.7 Å². The van der Waals surface area contributed by atoms with Crippen molar-refractivity contribution < 1.29 is 9.47 Å². The van der Waals surface area contributed by atoms with Crippen LogP contribution in [-0.2, 0) is 0 Å². The average molecular weight is 302 g/mol. The van der Waals surface area contributed by atoms with Crippen molar-refractivity contribution in [2.24, 2.45) is 5.92 Å². The highest BCUT2D eigenvalue weighted by Crippen LogP contribution is 2.30. The highest BCUT2D eigenvalue weighted by atomic mass is 79.9. The summed E-state index contributed by atoms with van der Waals surface area (Å²) in [6, 6.07) is 5.73. The Labute approximate surface area is 112 Å². The van der Waals surface area contributed by atoms with Crippen LogP contribution >= 0.6 is 15.9 Å². The zero-order chi connectivity index (χ0) is 12.8. The summed E-state index contributed by atoms with van der Waals surface area (Å²) < 4.78 is 12.0. The van der Waals surface area contributed by atoms with E-state index >= 15 is 0 Å². The topological polar surface area (TPSA) is 30.5 Å². The largest absolute Gasteiger partial charge is 0.497 e. The van der Waals surface area contributed by atoms with Crippen molar-refractivity contribution in [3.8, 4) is 11.5 Å². The fourth-order valence-electron chi connectivity index (χ4n) is 1.48. The van der Waals surface area contributed by atoms with Gasteiger partial charge in [0, 0.05) is 6.54 Å². The molecule has 0 heterocycles. The summed E-state index contributed by atoms with van der Waals surface area (Å²) in [5, 5.41) is 3.15. The fraction of sp³-hybridized carbons (Fsp3) is 0.538.